The smallest absolute Gasteiger partial charge is 0.119 e. The Morgan fingerprint density at radius 1 is 1.17 bits per heavy atom. The average molecular weight is 251 g/mol. The van der Waals surface area contributed by atoms with Gasteiger partial charge < -0.3 is 20.3 Å². The minimum Gasteiger partial charge on any atom is -0.497 e. The molecule has 102 valence electrons. The van der Waals surface area contributed by atoms with Crippen LogP contribution in [0.4, 0.5) is 5.69 Å². The van der Waals surface area contributed by atoms with E-state index >= 15 is 0 Å². The van der Waals surface area contributed by atoms with Crippen LogP contribution in [-0.2, 0) is 6.54 Å². The minimum atomic E-state index is 0.829. The maximum Gasteiger partial charge on any atom is 0.119 e. The van der Waals surface area contributed by atoms with Gasteiger partial charge in [-0.15, -0.1) is 0 Å². The highest BCUT2D eigenvalue weighted by molar-refractivity contribution is 5.50. The van der Waals surface area contributed by atoms with Gasteiger partial charge in [0.2, 0.25) is 0 Å². The second kappa shape index (κ2) is 7.24. The van der Waals surface area contributed by atoms with Crippen LogP contribution >= 0.6 is 0 Å². The van der Waals surface area contributed by atoms with Crippen molar-refractivity contribution < 1.29 is 4.74 Å². The van der Waals surface area contributed by atoms with Crippen molar-refractivity contribution in [2.24, 2.45) is 0 Å². The summed E-state index contributed by atoms with van der Waals surface area (Å²) in [5.41, 5.74) is 7.93. The molecule has 0 heterocycles. The third-order valence-corrected chi connectivity index (χ3v) is 2.94. The normalized spacial score (nSPS) is 11.2. The summed E-state index contributed by atoms with van der Waals surface area (Å²) in [7, 11) is 7.99. The summed E-state index contributed by atoms with van der Waals surface area (Å²) in [6, 6.07) is 5.81. The molecule has 0 aliphatic carbocycles. The van der Waals surface area contributed by atoms with Gasteiger partial charge in [-0.25, -0.2) is 0 Å². The van der Waals surface area contributed by atoms with E-state index in [1.165, 1.54) is 0 Å². The second-order valence-corrected chi connectivity index (χ2v) is 4.96. The lowest BCUT2D eigenvalue weighted by Gasteiger charge is -2.19. The number of nitrogens with zero attached hydrogens (tertiary/aromatic N) is 2. The van der Waals surface area contributed by atoms with Crippen LogP contribution in [0.5, 0.6) is 5.75 Å². The maximum atomic E-state index is 5.98. The van der Waals surface area contributed by atoms with Gasteiger partial charge in [0.15, 0.2) is 0 Å². The largest absolute Gasteiger partial charge is 0.497 e. The number of nitrogens with two attached hydrogens (primary N) is 1. The zero-order chi connectivity index (χ0) is 13.5. The quantitative estimate of drug-likeness (QED) is 0.748. The lowest BCUT2D eigenvalue weighted by atomic mass is 10.1. The van der Waals surface area contributed by atoms with Crippen molar-refractivity contribution in [2.75, 3.05) is 47.1 Å². The third-order valence-electron chi connectivity index (χ3n) is 2.94. The van der Waals surface area contributed by atoms with Crippen molar-refractivity contribution in [2.45, 2.75) is 13.0 Å². The number of hydrogen-bond donors (Lipinski definition) is 1. The highest BCUT2D eigenvalue weighted by atomic mass is 16.5. The van der Waals surface area contributed by atoms with Crippen molar-refractivity contribution in [1.29, 1.82) is 0 Å². The van der Waals surface area contributed by atoms with Gasteiger partial charge in [0, 0.05) is 12.2 Å². The molecule has 0 saturated carbocycles. The molecule has 0 amide bonds. The van der Waals surface area contributed by atoms with E-state index in [-0.39, 0.29) is 0 Å². The average Bonchev–Trinajstić information content (AvgIpc) is 2.31. The summed E-state index contributed by atoms with van der Waals surface area (Å²) >= 11 is 0. The molecule has 1 aromatic rings. The molecule has 0 radical (unpaired) electrons. The van der Waals surface area contributed by atoms with Crippen LogP contribution < -0.4 is 10.5 Å². The van der Waals surface area contributed by atoms with Crippen LogP contribution in [0.1, 0.15) is 12.0 Å². The summed E-state index contributed by atoms with van der Waals surface area (Å²) in [5, 5.41) is 0. The standard InChI is InChI=1S/C14H25N3O/c1-16(2)8-5-9-17(3)11-12-10-13(18-4)6-7-14(12)15/h6-7,10H,5,8-9,11,15H2,1-4H3. The van der Waals surface area contributed by atoms with Crippen molar-refractivity contribution in [1.82, 2.24) is 9.80 Å². The number of rotatable bonds is 7. The Bertz CT molecular complexity index is 366. The highest BCUT2D eigenvalue weighted by Gasteiger charge is 2.05. The van der Waals surface area contributed by atoms with Crippen molar-refractivity contribution in [3.63, 3.8) is 0 Å². The Hall–Kier alpha value is -1.26. The Kier molecular flexibility index (Phi) is 5.95. The first-order valence-corrected chi connectivity index (χ1v) is 6.28. The van der Waals surface area contributed by atoms with E-state index in [0.717, 1.165) is 43.1 Å². The van der Waals surface area contributed by atoms with Gasteiger partial charge >= 0.3 is 0 Å². The predicted octanol–water partition coefficient (Wildman–Crippen LogP) is 1.66. The van der Waals surface area contributed by atoms with Gasteiger partial charge in [0.25, 0.3) is 0 Å². The van der Waals surface area contributed by atoms with Gasteiger partial charge in [-0.1, -0.05) is 0 Å². The van der Waals surface area contributed by atoms with Crippen LogP contribution in [0.2, 0.25) is 0 Å². The molecule has 4 heteroatoms. The topological polar surface area (TPSA) is 41.7 Å². The van der Waals surface area contributed by atoms with Gasteiger partial charge in [-0.05, 0) is 64.4 Å². The number of methoxy groups -OCH3 is 1. The summed E-state index contributed by atoms with van der Waals surface area (Å²) < 4.78 is 5.22. The molecular weight excluding hydrogens is 226 g/mol. The van der Waals surface area contributed by atoms with Crippen molar-refractivity contribution >= 4 is 5.69 Å². The van der Waals surface area contributed by atoms with E-state index in [1.54, 1.807) is 7.11 Å². The highest BCUT2D eigenvalue weighted by Crippen LogP contribution is 2.20. The number of nitrogen functional groups attached to an aromatic ring is 1. The van der Waals surface area contributed by atoms with Gasteiger partial charge in [-0.2, -0.15) is 0 Å². The summed E-state index contributed by atoms with van der Waals surface area (Å²) in [4.78, 5) is 4.49. The number of benzene rings is 1. The molecule has 18 heavy (non-hydrogen) atoms. The Balaban J connectivity index is 2.50. The first-order valence-electron chi connectivity index (χ1n) is 6.28. The number of anilines is 1. The lowest BCUT2D eigenvalue weighted by Crippen LogP contribution is -2.23. The van der Waals surface area contributed by atoms with Crippen LogP contribution in [0.15, 0.2) is 18.2 Å². The van der Waals surface area contributed by atoms with Crippen LogP contribution in [0, 0.1) is 0 Å². The Morgan fingerprint density at radius 3 is 2.50 bits per heavy atom. The lowest BCUT2D eigenvalue weighted by molar-refractivity contribution is 0.294. The fourth-order valence-electron chi connectivity index (χ4n) is 1.87. The minimum absolute atomic E-state index is 0.829. The third kappa shape index (κ3) is 4.94. The molecule has 0 aromatic heterocycles. The van der Waals surface area contributed by atoms with Crippen molar-refractivity contribution in [3.8, 4) is 5.75 Å². The molecule has 0 saturated heterocycles. The molecular formula is C14H25N3O. The Morgan fingerprint density at radius 2 is 1.89 bits per heavy atom. The molecule has 0 aliphatic rings. The summed E-state index contributed by atoms with van der Waals surface area (Å²) in [6.45, 7) is 3.03. The van der Waals surface area contributed by atoms with E-state index in [1.807, 2.05) is 18.2 Å². The van der Waals surface area contributed by atoms with Crippen LogP contribution in [0.25, 0.3) is 0 Å². The molecule has 0 bridgehead atoms. The zero-order valence-corrected chi connectivity index (χ0v) is 11.9. The Labute approximate surface area is 110 Å². The van der Waals surface area contributed by atoms with Gasteiger partial charge in [0.05, 0.1) is 7.11 Å². The summed E-state index contributed by atoms with van der Waals surface area (Å²) in [6.07, 6.45) is 1.16. The van der Waals surface area contributed by atoms with Crippen LogP contribution in [-0.4, -0.2) is 51.1 Å². The zero-order valence-electron chi connectivity index (χ0n) is 11.9. The monoisotopic (exact) mass is 251 g/mol. The van der Waals surface area contributed by atoms with E-state index in [0.29, 0.717) is 0 Å². The number of hydrogen-bond acceptors (Lipinski definition) is 4. The first-order chi connectivity index (χ1) is 8.52. The van der Waals surface area contributed by atoms with Gasteiger partial charge in [-0.3, -0.25) is 0 Å². The predicted molar refractivity (Wildman–Crippen MR) is 76.9 cm³/mol. The number of ether oxygens (including phenoxy) is 1. The summed E-state index contributed by atoms with van der Waals surface area (Å²) in [5.74, 6) is 0.862. The molecule has 4 nitrogen and oxygen atoms in total. The van der Waals surface area contributed by atoms with Crippen molar-refractivity contribution in [3.05, 3.63) is 23.8 Å². The SMILES string of the molecule is COc1ccc(N)c(CN(C)CCCN(C)C)c1. The molecule has 0 spiro atoms. The van der Waals surface area contributed by atoms with E-state index in [2.05, 4.69) is 30.9 Å². The van der Waals surface area contributed by atoms with E-state index in [9.17, 15) is 0 Å². The molecule has 0 fully saturated rings. The first kappa shape index (κ1) is 14.8. The molecule has 1 rings (SSSR count). The van der Waals surface area contributed by atoms with E-state index in [4.69, 9.17) is 10.5 Å². The van der Waals surface area contributed by atoms with Gasteiger partial charge in [0.1, 0.15) is 5.75 Å². The molecule has 0 atom stereocenters. The molecule has 1 aromatic carbocycles. The molecule has 2 N–H and O–H groups in total. The maximum absolute atomic E-state index is 5.98. The fourth-order valence-corrected chi connectivity index (χ4v) is 1.87. The fraction of sp³-hybridized carbons (Fsp3) is 0.571. The second-order valence-electron chi connectivity index (χ2n) is 4.96. The molecule has 0 unspecified atom stereocenters. The van der Waals surface area contributed by atoms with E-state index < -0.39 is 0 Å². The molecule has 0 aliphatic heterocycles. The van der Waals surface area contributed by atoms with Crippen LogP contribution in [0.3, 0.4) is 0 Å².